The first-order valence-corrected chi connectivity index (χ1v) is 2.83. The number of hydrogen-bond donors (Lipinski definition) is 2. The van der Waals surface area contributed by atoms with Crippen LogP contribution in [-0.2, 0) is 9.59 Å². The summed E-state index contributed by atoms with van der Waals surface area (Å²) < 4.78 is 23.6. The summed E-state index contributed by atoms with van der Waals surface area (Å²) in [4.78, 5) is 20.2. The summed E-state index contributed by atoms with van der Waals surface area (Å²) in [5, 5.41) is 16.4. The van der Waals surface area contributed by atoms with Gasteiger partial charge in [0.15, 0.2) is 0 Å². The van der Waals surface area contributed by atoms with Gasteiger partial charge in [-0.05, 0) is 6.92 Å². The highest BCUT2D eigenvalue weighted by Crippen LogP contribution is 2.13. The maximum Gasteiger partial charge on any atom is 0.343 e. The Morgan fingerprint density at radius 3 is 1.58 bits per heavy atom. The minimum absolute atomic E-state index is 0.766. The van der Waals surface area contributed by atoms with Crippen molar-refractivity contribution in [2.24, 2.45) is 0 Å². The largest absolute Gasteiger partial charge is 0.477 e. The summed E-state index contributed by atoms with van der Waals surface area (Å²) in [5.41, 5.74) is -2.22. The second-order valence-electron chi connectivity index (χ2n) is 1.97. The number of aliphatic carboxylic acids is 2. The molecule has 0 bridgehead atoms. The minimum atomic E-state index is -3.06. The Hall–Kier alpha value is -1.46. The molecule has 2 N–H and O–H groups in total. The van der Waals surface area contributed by atoms with E-state index in [-0.39, 0.29) is 0 Å². The topological polar surface area (TPSA) is 74.6 Å². The van der Waals surface area contributed by atoms with Crippen molar-refractivity contribution < 1.29 is 28.6 Å². The van der Waals surface area contributed by atoms with Crippen molar-refractivity contribution in [2.45, 2.75) is 13.3 Å². The molecule has 4 nitrogen and oxygen atoms in total. The van der Waals surface area contributed by atoms with Crippen LogP contribution in [0, 0.1) is 0 Å². The van der Waals surface area contributed by atoms with Crippen molar-refractivity contribution in [3.8, 4) is 0 Å². The molecule has 0 saturated carbocycles. The zero-order valence-corrected chi connectivity index (χ0v) is 6.04. The molecule has 0 aromatic carbocycles. The normalized spacial score (nSPS) is 9.67. The fourth-order valence-corrected chi connectivity index (χ4v) is 0.538. The van der Waals surface area contributed by atoms with Crippen LogP contribution in [0.2, 0.25) is 0 Å². The highest BCUT2D eigenvalue weighted by Gasteiger charge is 2.23. The molecule has 0 aliphatic carbocycles. The number of carbonyl (C=O) groups is 2. The van der Waals surface area contributed by atoms with E-state index in [0.29, 0.717) is 0 Å². The summed E-state index contributed by atoms with van der Waals surface area (Å²) in [7, 11) is 0. The van der Waals surface area contributed by atoms with Crippen molar-refractivity contribution in [1.29, 1.82) is 0 Å². The highest BCUT2D eigenvalue weighted by atomic mass is 19.3. The van der Waals surface area contributed by atoms with Gasteiger partial charge in [0, 0.05) is 5.57 Å². The minimum Gasteiger partial charge on any atom is -0.477 e. The first-order valence-electron chi connectivity index (χ1n) is 2.83. The van der Waals surface area contributed by atoms with Crippen LogP contribution in [0.3, 0.4) is 0 Å². The highest BCUT2D eigenvalue weighted by molar-refractivity contribution is 6.13. The Kier molecular flexibility index (Phi) is 3.33. The fourth-order valence-electron chi connectivity index (χ4n) is 0.538. The van der Waals surface area contributed by atoms with Crippen LogP contribution in [0.1, 0.15) is 6.92 Å². The SMILES string of the molecule is CC(=C(C(=O)O)C(=O)O)C(F)F. The van der Waals surface area contributed by atoms with Gasteiger partial charge in [0.25, 0.3) is 6.43 Å². The molecule has 0 unspecified atom stereocenters. The van der Waals surface area contributed by atoms with Crippen molar-refractivity contribution >= 4 is 11.9 Å². The standard InChI is InChI=1S/C6H6F2O4/c1-2(4(7)8)3(5(9)10)6(11)12/h4H,1H3,(H,9,10)(H,11,12). The third-order valence-electron chi connectivity index (χ3n) is 1.15. The van der Waals surface area contributed by atoms with Crippen molar-refractivity contribution in [3.05, 3.63) is 11.1 Å². The predicted octanol–water partition coefficient (Wildman–Crippen LogP) is 0.737. The van der Waals surface area contributed by atoms with E-state index >= 15 is 0 Å². The summed E-state index contributed by atoms with van der Waals surface area (Å²) in [6, 6.07) is 0. The Morgan fingerprint density at radius 2 is 1.50 bits per heavy atom. The molecular weight excluding hydrogens is 174 g/mol. The van der Waals surface area contributed by atoms with Gasteiger partial charge in [0.05, 0.1) is 0 Å². The molecule has 0 amide bonds. The average molecular weight is 180 g/mol. The van der Waals surface area contributed by atoms with E-state index < -0.39 is 29.5 Å². The number of alkyl halides is 2. The van der Waals surface area contributed by atoms with Gasteiger partial charge in [-0.2, -0.15) is 0 Å². The quantitative estimate of drug-likeness (QED) is 0.381. The van der Waals surface area contributed by atoms with Crippen LogP contribution < -0.4 is 0 Å². The molecule has 0 heterocycles. The Morgan fingerprint density at radius 1 is 1.17 bits per heavy atom. The van der Waals surface area contributed by atoms with E-state index in [1.807, 2.05) is 0 Å². The van der Waals surface area contributed by atoms with Crippen molar-refractivity contribution in [3.63, 3.8) is 0 Å². The number of allylic oxidation sites excluding steroid dienone is 1. The van der Waals surface area contributed by atoms with Crippen LogP contribution >= 0.6 is 0 Å². The van der Waals surface area contributed by atoms with Crippen LogP contribution in [0.4, 0.5) is 8.78 Å². The lowest BCUT2D eigenvalue weighted by Gasteiger charge is -2.01. The molecule has 0 fully saturated rings. The maximum absolute atomic E-state index is 11.8. The lowest BCUT2D eigenvalue weighted by atomic mass is 10.1. The second-order valence-corrected chi connectivity index (χ2v) is 1.97. The number of hydrogen-bond acceptors (Lipinski definition) is 2. The van der Waals surface area contributed by atoms with E-state index in [2.05, 4.69) is 0 Å². The number of rotatable bonds is 3. The van der Waals surface area contributed by atoms with E-state index in [1.54, 1.807) is 0 Å². The van der Waals surface area contributed by atoms with Crippen LogP contribution in [0.15, 0.2) is 11.1 Å². The third kappa shape index (κ3) is 2.30. The number of halogens is 2. The van der Waals surface area contributed by atoms with Gasteiger partial charge in [-0.3, -0.25) is 0 Å². The Balaban J connectivity index is 5.08. The monoisotopic (exact) mass is 180 g/mol. The summed E-state index contributed by atoms with van der Waals surface area (Å²) >= 11 is 0. The lowest BCUT2D eigenvalue weighted by molar-refractivity contribution is -0.140. The molecule has 12 heavy (non-hydrogen) atoms. The number of carboxylic acids is 2. The fraction of sp³-hybridized carbons (Fsp3) is 0.333. The van der Waals surface area contributed by atoms with Crippen molar-refractivity contribution in [2.75, 3.05) is 0 Å². The number of carboxylic acid groups (broad SMARTS) is 2. The van der Waals surface area contributed by atoms with Crippen LogP contribution in [-0.4, -0.2) is 28.6 Å². The second kappa shape index (κ2) is 3.80. The van der Waals surface area contributed by atoms with E-state index in [4.69, 9.17) is 10.2 Å². The molecular formula is C6H6F2O4. The molecule has 68 valence electrons. The van der Waals surface area contributed by atoms with Crippen molar-refractivity contribution in [1.82, 2.24) is 0 Å². The van der Waals surface area contributed by atoms with E-state index in [1.165, 1.54) is 0 Å². The molecule has 0 aliphatic rings. The van der Waals surface area contributed by atoms with Gasteiger partial charge < -0.3 is 10.2 Å². The smallest absolute Gasteiger partial charge is 0.343 e. The molecule has 0 aromatic rings. The molecule has 0 aromatic heterocycles. The molecule has 0 radical (unpaired) electrons. The van der Waals surface area contributed by atoms with Gasteiger partial charge in [0.1, 0.15) is 5.57 Å². The summed E-state index contributed by atoms with van der Waals surface area (Å²) in [6.07, 6.45) is -3.06. The van der Waals surface area contributed by atoms with Gasteiger partial charge in [-0.15, -0.1) is 0 Å². The average Bonchev–Trinajstić information content (AvgIpc) is 1.85. The summed E-state index contributed by atoms with van der Waals surface area (Å²) in [6.45, 7) is 0.766. The molecule has 0 aliphatic heterocycles. The zero-order chi connectivity index (χ0) is 9.89. The lowest BCUT2D eigenvalue weighted by Crippen LogP contribution is -2.16. The van der Waals surface area contributed by atoms with E-state index in [9.17, 15) is 18.4 Å². The molecule has 0 saturated heterocycles. The molecule has 0 atom stereocenters. The summed E-state index contributed by atoms with van der Waals surface area (Å²) in [5.74, 6) is -3.72. The third-order valence-corrected chi connectivity index (χ3v) is 1.15. The van der Waals surface area contributed by atoms with Gasteiger partial charge in [-0.1, -0.05) is 0 Å². The zero-order valence-electron chi connectivity index (χ0n) is 6.04. The Bertz CT molecular complexity index is 228. The molecule has 6 heteroatoms. The first-order chi connectivity index (χ1) is 5.37. The van der Waals surface area contributed by atoms with E-state index in [0.717, 1.165) is 6.92 Å². The first kappa shape index (κ1) is 10.5. The van der Waals surface area contributed by atoms with Gasteiger partial charge >= 0.3 is 11.9 Å². The van der Waals surface area contributed by atoms with Gasteiger partial charge in [0.2, 0.25) is 0 Å². The Labute approximate surface area is 66.1 Å². The maximum atomic E-state index is 11.8. The molecule has 0 rings (SSSR count). The van der Waals surface area contributed by atoms with Crippen LogP contribution in [0.25, 0.3) is 0 Å². The molecule has 0 spiro atoms. The van der Waals surface area contributed by atoms with Gasteiger partial charge in [-0.25, -0.2) is 18.4 Å². The van der Waals surface area contributed by atoms with Crippen LogP contribution in [0.5, 0.6) is 0 Å². The predicted molar refractivity (Wildman–Crippen MR) is 34.0 cm³/mol.